The first-order valence-electron chi connectivity index (χ1n) is 8.91. The fraction of sp³-hybridized carbons (Fsp3) is 0.632. The summed E-state index contributed by atoms with van der Waals surface area (Å²) in [4.78, 5) is 18.6. The van der Waals surface area contributed by atoms with E-state index < -0.39 is 0 Å². The second-order valence-electron chi connectivity index (χ2n) is 7.13. The molecule has 0 aliphatic carbocycles. The minimum Gasteiger partial charge on any atom is -0.497 e. The molecule has 5 heteroatoms. The molecule has 1 amide bonds. The summed E-state index contributed by atoms with van der Waals surface area (Å²) in [5, 5.41) is 0. The van der Waals surface area contributed by atoms with E-state index >= 15 is 0 Å². The average Bonchev–Trinajstić information content (AvgIpc) is 2.95. The van der Waals surface area contributed by atoms with Crippen LogP contribution < -0.4 is 4.74 Å². The fourth-order valence-electron chi connectivity index (χ4n) is 4.05. The van der Waals surface area contributed by atoms with Gasteiger partial charge in [0.15, 0.2) is 0 Å². The third-order valence-electron chi connectivity index (χ3n) is 5.42. The summed E-state index contributed by atoms with van der Waals surface area (Å²) >= 11 is 0. The Bertz CT molecular complexity index is 569. The molecule has 0 N–H and O–H groups in total. The standard InChI is InChI=1S/C19H29N3O2/c1-15-12-20(13-17-5-4-6-18(11-17)24-3)14-19(15)22-9-7-21(8-10-22)16(2)23/h4-6,11,15,19H,7-10,12-14H2,1-3H3/t15-,19+/m1/s1. The van der Waals surface area contributed by atoms with Crippen molar-refractivity contribution in [2.24, 2.45) is 5.92 Å². The molecule has 0 unspecified atom stereocenters. The number of hydrogen-bond donors (Lipinski definition) is 0. The van der Waals surface area contributed by atoms with E-state index in [1.807, 2.05) is 11.0 Å². The second-order valence-corrected chi connectivity index (χ2v) is 7.13. The van der Waals surface area contributed by atoms with Crippen molar-refractivity contribution in [1.29, 1.82) is 0 Å². The summed E-state index contributed by atoms with van der Waals surface area (Å²) in [6.45, 7) is 11.0. The summed E-state index contributed by atoms with van der Waals surface area (Å²) in [6.07, 6.45) is 0. The van der Waals surface area contributed by atoms with Gasteiger partial charge in [-0.15, -0.1) is 0 Å². The number of carbonyl (C=O) groups is 1. The molecule has 0 radical (unpaired) electrons. The van der Waals surface area contributed by atoms with Crippen LogP contribution in [0.4, 0.5) is 0 Å². The zero-order chi connectivity index (χ0) is 17.1. The number of methoxy groups -OCH3 is 1. The maximum absolute atomic E-state index is 11.5. The number of ether oxygens (including phenoxy) is 1. The highest BCUT2D eigenvalue weighted by molar-refractivity contribution is 5.73. The van der Waals surface area contributed by atoms with Crippen molar-refractivity contribution >= 4 is 5.91 Å². The number of piperazine rings is 1. The predicted molar refractivity (Wildman–Crippen MR) is 95.1 cm³/mol. The van der Waals surface area contributed by atoms with Crippen molar-refractivity contribution < 1.29 is 9.53 Å². The molecule has 24 heavy (non-hydrogen) atoms. The zero-order valence-electron chi connectivity index (χ0n) is 15.1. The van der Waals surface area contributed by atoms with Gasteiger partial charge < -0.3 is 9.64 Å². The second kappa shape index (κ2) is 7.53. The maximum atomic E-state index is 11.5. The van der Waals surface area contributed by atoms with Crippen LogP contribution in [0.3, 0.4) is 0 Å². The molecule has 2 aliphatic heterocycles. The Morgan fingerprint density at radius 2 is 1.96 bits per heavy atom. The molecule has 1 aromatic rings. The normalized spacial score (nSPS) is 25.9. The summed E-state index contributed by atoms with van der Waals surface area (Å²) in [6, 6.07) is 8.96. The SMILES string of the molecule is COc1cccc(CN2C[C@@H](C)[C@@H](N3CCN(C(C)=O)CC3)C2)c1. The Hall–Kier alpha value is -1.59. The van der Waals surface area contributed by atoms with E-state index in [0.717, 1.165) is 51.6 Å². The van der Waals surface area contributed by atoms with Crippen molar-refractivity contribution in [1.82, 2.24) is 14.7 Å². The molecule has 0 aromatic heterocycles. The van der Waals surface area contributed by atoms with Crippen LogP contribution in [0.5, 0.6) is 5.75 Å². The predicted octanol–water partition coefficient (Wildman–Crippen LogP) is 1.68. The van der Waals surface area contributed by atoms with Crippen LogP contribution in [0, 0.1) is 5.92 Å². The lowest BCUT2D eigenvalue weighted by Gasteiger charge is -2.39. The van der Waals surface area contributed by atoms with Gasteiger partial charge in [-0.25, -0.2) is 0 Å². The molecule has 0 spiro atoms. The van der Waals surface area contributed by atoms with Gasteiger partial charge in [0.1, 0.15) is 5.75 Å². The first-order valence-corrected chi connectivity index (χ1v) is 8.91. The Morgan fingerprint density at radius 3 is 2.62 bits per heavy atom. The highest BCUT2D eigenvalue weighted by atomic mass is 16.5. The summed E-state index contributed by atoms with van der Waals surface area (Å²) in [5.74, 6) is 1.80. The number of rotatable bonds is 4. The molecular weight excluding hydrogens is 302 g/mol. The molecule has 2 saturated heterocycles. The van der Waals surface area contributed by atoms with E-state index in [-0.39, 0.29) is 5.91 Å². The molecule has 132 valence electrons. The van der Waals surface area contributed by atoms with Gasteiger partial charge in [0, 0.05) is 58.8 Å². The molecule has 2 heterocycles. The Balaban J connectivity index is 1.56. The van der Waals surface area contributed by atoms with E-state index in [4.69, 9.17) is 4.74 Å². The Labute approximate surface area is 145 Å². The number of nitrogens with zero attached hydrogens (tertiary/aromatic N) is 3. The van der Waals surface area contributed by atoms with Gasteiger partial charge in [-0.1, -0.05) is 19.1 Å². The van der Waals surface area contributed by atoms with Crippen molar-refractivity contribution in [3.8, 4) is 5.75 Å². The Kier molecular flexibility index (Phi) is 5.41. The molecule has 2 atom stereocenters. The van der Waals surface area contributed by atoms with Gasteiger partial charge in [0.25, 0.3) is 0 Å². The average molecular weight is 331 g/mol. The van der Waals surface area contributed by atoms with E-state index in [1.165, 1.54) is 5.56 Å². The summed E-state index contributed by atoms with van der Waals surface area (Å²) in [5.41, 5.74) is 1.31. The number of benzene rings is 1. The van der Waals surface area contributed by atoms with Crippen molar-refractivity contribution in [3.05, 3.63) is 29.8 Å². The smallest absolute Gasteiger partial charge is 0.219 e. The quantitative estimate of drug-likeness (QED) is 0.841. The summed E-state index contributed by atoms with van der Waals surface area (Å²) in [7, 11) is 1.72. The molecule has 0 saturated carbocycles. The number of amides is 1. The van der Waals surface area contributed by atoms with Crippen LogP contribution in [0.2, 0.25) is 0 Å². The molecule has 2 aliphatic rings. The van der Waals surface area contributed by atoms with Crippen molar-refractivity contribution in [3.63, 3.8) is 0 Å². The highest BCUT2D eigenvalue weighted by Gasteiger charge is 2.35. The minimum absolute atomic E-state index is 0.203. The van der Waals surface area contributed by atoms with E-state index in [0.29, 0.717) is 12.0 Å². The van der Waals surface area contributed by atoms with Gasteiger partial charge in [0.05, 0.1) is 7.11 Å². The lowest BCUT2D eigenvalue weighted by molar-refractivity contribution is -0.130. The van der Waals surface area contributed by atoms with Gasteiger partial charge in [-0.2, -0.15) is 0 Å². The number of hydrogen-bond acceptors (Lipinski definition) is 4. The topological polar surface area (TPSA) is 36.0 Å². The van der Waals surface area contributed by atoms with Crippen LogP contribution in [0.15, 0.2) is 24.3 Å². The van der Waals surface area contributed by atoms with Crippen LogP contribution in [0.25, 0.3) is 0 Å². The van der Waals surface area contributed by atoms with Gasteiger partial charge in [0.2, 0.25) is 5.91 Å². The van der Waals surface area contributed by atoms with Crippen LogP contribution in [-0.2, 0) is 11.3 Å². The Morgan fingerprint density at radius 1 is 1.21 bits per heavy atom. The van der Waals surface area contributed by atoms with E-state index in [1.54, 1.807) is 14.0 Å². The first kappa shape index (κ1) is 17.2. The van der Waals surface area contributed by atoms with Gasteiger partial charge >= 0.3 is 0 Å². The highest BCUT2D eigenvalue weighted by Crippen LogP contribution is 2.25. The molecule has 3 rings (SSSR count). The fourth-order valence-corrected chi connectivity index (χ4v) is 4.05. The van der Waals surface area contributed by atoms with Crippen molar-refractivity contribution in [2.45, 2.75) is 26.4 Å². The van der Waals surface area contributed by atoms with Crippen LogP contribution >= 0.6 is 0 Å². The van der Waals surface area contributed by atoms with Gasteiger partial charge in [-0.3, -0.25) is 14.6 Å². The summed E-state index contributed by atoms with van der Waals surface area (Å²) < 4.78 is 5.33. The molecule has 2 fully saturated rings. The van der Waals surface area contributed by atoms with Crippen molar-refractivity contribution in [2.75, 3.05) is 46.4 Å². The molecule has 5 nitrogen and oxygen atoms in total. The van der Waals surface area contributed by atoms with Gasteiger partial charge in [-0.05, 0) is 23.6 Å². The minimum atomic E-state index is 0.203. The van der Waals surface area contributed by atoms with Crippen LogP contribution in [-0.4, -0.2) is 73.0 Å². The lowest BCUT2D eigenvalue weighted by Crippen LogP contribution is -2.53. The zero-order valence-corrected chi connectivity index (χ0v) is 15.1. The maximum Gasteiger partial charge on any atom is 0.219 e. The number of carbonyl (C=O) groups excluding carboxylic acids is 1. The third-order valence-corrected chi connectivity index (χ3v) is 5.42. The lowest BCUT2D eigenvalue weighted by atomic mass is 10.0. The molecule has 1 aromatic carbocycles. The largest absolute Gasteiger partial charge is 0.497 e. The van der Waals surface area contributed by atoms with Crippen LogP contribution in [0.1, 0.15) is 19.4 Å². The molecule has 0 bridgehead atoms. The molecular formula is C19H29N3O2. The third kappa shape index (κ3) is 3.90. The first-order chi connectivity index (χ1) is 11.6. The van der Waals surface area contributed by atoms with E-state index in [9.17, 15) is 4.79 Å². The van der Waals surface area contributed by atoms with E-state index in [2.05, 4.69) is 34.9 Å². The number of likely N-dealkylation sites (tertiary alicyclic amines) is 1. The monoisotopic (exact) mass is 331 g/mol.